The minimum atomic E-state index is -3.69. The second kappa shape index (κ2) is 8.63. The highest BCUT2D eigenvalue weighted by atomic mass is 32.2. The van der Waals surface area contributed by atoms with E-state index >= 15 is 0 Å². The average Bonchev–Trinajstić information content (AvgIpc) is 3.25. The molecule has 3 rings (SSSR count). The summed E-state index contributed by atoms with van der Waals surface area (Å²) >= 11 is 0. The van der Waals surface area contributed by atoms with E-state index in [0.29, 0.717) is 17.9 Å². The summed E-state index contributed by atoms with van der Waals surface area (Å²) in [6, 6.07) is 19.2. The number of sulfonamides is 1. The summed E-state index contributed by atoms with van der Waals surface area (Å²) in [5.74, 6) is 0.270. The third kappa shape index (κ3) is 5.34. The van der Waals surface area contributed by atoms with Crippen molar-refractivity contribution in [2.45, 2.75) is 30.7 Å². The lowest BCUT2D eigenvalue weighted by atomic mass is 9.84. The topological polar surface area (TPSA) is 88.4 Å². The Morgan fingerprint density at radius 1 is 0.966 bits per heavy atom. The van der Waals surface area contributed by atoms with Crippen LogP contribution in [0.5, 0.6) is 0 Å². The lowest BCUT2D eigenvalue weighted by Gasteiger charge is -2.25. The molecule has 6 nitrogen and oxygen atoms in total. The number of carbonyl (C=O) groups excluding carboxylic acids is 1. The van der Waals surface area contributed by atoms with Gasteiger partial charge in [0.1, 0.15) is 5.76 Å². The van der Waals surface area contributed by atoms with Crippen molar-refractivity contribution in [3.05, 3.63) is 89.9 Å². The summed E-state index contributed by atoms with van der Waals surface area (Å²) in [6.45, 7) is 4.64. The van der Waals surface area contributed by atoms with Gasteiger partial charge < -0.3 is 9.73 Å². The molecule has 0 spiro atoms. The first-order valence-electron chi connectivity index (χ1n) is 9.24. The predicted octanol–water partition coefficient (Wildman–Crippen LogP) is 3.47. The summed E-state index contributed by atoms with van der Waals surface area (Å²) in [4.78, 5) is 12.6. The molecule has 0 bridgehead atoms. The number of hydrogen-bond acceptors (Lipinski definition) is 4. The van der Waals surface area contributed by atoms with Crippen LogP contribution in [0.3, 0.4) is 0 Å². The van der Waals surface area contributed by atoms with Crippen molar-refractivity contribution in [1.82, 2.24) is 10.0 Å². The van der Waals surface area contributed by atoms with Crippen LogP contribution in [0, 0.1) is 0 Å². The van der Waals surface area contributed by atoms with Gasteiger partial charge in [0.05, 0.1) is 17.7 Å². The van der Waals surface area contributed by atoms with Gasteiger partial charge in [-0.05, 0) is 42.0 Å². The van der Waals surface area contributed by atoms with E-state index in [9.17, 15) is 13.2 Å². The highest BCUT2D eigenvalue weighted by molar-refractivity contribution is 7.89. The molecule has 0 aliphatic heterocycles. The lowest BCUT2D eigenvalue weighted by molar-refractivity contribution is 0.0945. The summed E-state index contributed by atoms with van der Waals surface area (Å²) < 4.78 is 32.3. The van der Waals surface area contributed by atoms with E-state index in [1.165, 1.54) is 30.5 Å². The Morgan fingerprint density at radius 2 is 1.66 bits per heavy atom. The van der Waals surface area contributed by atoms with Gasteiger partial charge in [-0.2, -0.15) is 0 Å². The first-order chi connectivity index (χ1) is 13.8. The number of benzene rings is 2. The molecule has 2 N–H and O–H groups in total. The third-order valence-corrected chi connectivity index (χ3v) is 6.11. The minimum Gasteiger partial charge on any atom is -0.468 e. The number of amides is 1. The Labute approximate surface area is 171 Å². The molecule has 152 valence electrons. The van der Waals surface area contributed by atoms with Gasteiger partial charge in [-0.25, -0.2) is 13.1 Å². The van der Waals surface area contributed by atoms with Crippen molar-refractivity contribution < 1.29 is 17.6 Å². The van der Waals surface area contributed by atoms with Gasteiger partial charge in [0.25, 0.3) is 5.91 Å². The van der Waals surface area contributed by atoms with Gasteiger partial charge in [0, 0.05) is 17.5 Å². The van der Waals surface area contributed by atoms with E-state index in [0.717, 1.165) is 5.56 Å². The first-order valence-corrected chi connectivity index (χ1v) is 10.7. The van der Waals surface area contributed by atoms with Gasteiger partial charge in [-0.3, -0.25) is 4.79 Å². The molecule has 7 heteroatoms. The fourth-order valence-electron chi connectivity index (χ4n) is 2.84. The van der Waals surface area contributed by atoms with Gasteiger partial charge in [-0.15, -0.1) is 0 Å². The summed E-state index contributed by atoms with van der Waals surface area (Å²) in [5.41, 5.74) is 1.30. The van der Waals surface area contributed by atoms with Crippen LogP contribution in [-0.2, 0) is 22.0 Å². The minimum absolute atomic E-state index is 0.0616. The molecular weight excluding hydrogens is 388 g/mol. The smallest absolute Gasteiger partial charge is 0.251 e. The van der Waals surface area contributed by atoms with Gasteiger partial charge in [0.15, 0.2) is 0 Å². The molecule has 0 fully saturated rings. The summed E-state index contributed by atoms with van der Waals surface area (Å²) in [7, 11) is -3.69. The monoisotopic (exact) mass is 412 g/mol. The molecule has 3 aromatic rings. The van der Waals surface area contributed by atoms with Gasteiger partial charge >= 0.3 is 0 Å². The normalized spacial score (nSPS) is 11.9. The molecule has 0 radical (unpaired) electrons. The fraction of sp³-hybridized carbons (Fsp3) is 0.227. The number of carbonyl (C=O) groups is 1. The zero-order valence-electron chi connectivity index (χ0n) is 16.4. The van der Waals surface area contributed by atoms with Crippen molar-refractivity contribution in [1.29, 1.82) is 0 Å². The zero-order chi connectivity index (χ0) is 20.9. The Balaban J connectivity index is 1.61. The van der Waals surface area contributed by atoms with Crippen LogP contribution < -0.4 is 10.0 Å². The maximum Gasteiger partial charge on any atom is 0.251 e. The number of hydrogen-bond donors (Lipinski definition) is 2. The molecular formula is C22H24N2O4S. The van der Waals surface area contributed by atoms with Crippen LogP contribution in [0.4, 0.5) is 0 Å². The first kappa shape index (κ1) is 20.8. The lowest BCUT2D eigenvalue weighted by Crippen LogP contribution is -2.36. The molecule has 0 unspecified atom stereocenters. The van der Waals surface area contributed by atoms with Crippen LogP contribution in [0.25, 0.3) is 0 Å². The van der Waals surface area contributed by atoms with E-state index in [-0.39, 0.29) is 22.8 Å². The SMILES string of the molecule is CC(C)(CNC(=O)c1ccc(S(=O)(=O)NCc2ccco2)cc1)c1ccccc1. The van der Waals surface area contributed by atoms with Crippen LogP contribution in [0.2, 0.25) is 0 Å². The highest BCUT2D eigenvalue weighted by Crippen LogP contribution is 2.22. The second-order valence-corrected chi connectivity index (χ2v) is 9.13. The average molecular weight is 413 g/mol. The van der Waals surface area contributed by atoms with E-state index in [2.05, 4.69) is 23.9 Å². The van der Waals surface area contributed by atoms with Crippen LogP contribution >= 0.6 is 0 Å². The Kier molecular flexibility index (Phi) is 6.20. The van der Waals surface area contributed by atoms with Crippen molar-refractivity contribution >= 4 is 15.9 Å². The molecule has 1 heterocycles. The standard InChI is InChI=1S/C22H24N2O4S/c1-22(2,18-7-4-3-5-8-18)16-23-21(25)17-10-12-20(13-11-17)29(26,27)24-15-19-9-6-14-28-19/h3-14,24H,15-16H2,1-2H3,(H,23,25). The Morgan fingerprint density at radius 3 is 2.28 bits per heavy atom. The molecule has 29 heavy (non-hydrogen) atoms. The Bertz CT molecular complexity index is 1040. The van der Waals surface area contributed by atoms with Crippen molar-refractivity contribution in [3.63, 3.8) is 0 Å². The molecule has 2 aromatic carbocycles. The molecule has 0 aliphatic carbocycles. The molecule has 1 aromatic heterocycles. The third-order valence-electron chi connectivity index (χ3n) is 4.69. The molecule has 1 amide bonds. The second-order valence-electron chi connectivity index (χ2n) is 7.36. The van der Waals surface area contributed by atoms with Gasteiger partial charge in [0.2, 0.25) is 10.0 Å². The summed E-state index contributed by atoms with van der Waals surface area (Å²) in [5, 5.41) is 2.92. The maximum atomic E-state index is 12.5. The number of furan rings is 1. The van der Waals surface area contributed by atoms with E-state index < -0.39 is 10.0 Å². The van der Waals surface area contributed by atoms with Gasteiger partial charge in [-0.1, -0.05) is 44.2 Å². The summed E-state index contributed by atoms with van der Waals surface area (Å²) in [6.07, 6.45) is 1.48. The maximum absolute atomic E-state index is 12.5. The van der Waals surface area contributed by atoms with Crippen molar-refractivity contribution in [3.8, 4) is 0 Å². The largest absolute Gasteiger partial charge is 0.468 e. The highest BCUT2D eigenvalue weighted by Gasteiger charge is 2.22. The Hall–Kier alpha value is -2.90. The molecule has 0 saturated heterocycles. The van der Waals surface area contributed by atoms with E-state index in [1.807, 2.05) is 30.3 Å². The van der Waals surface area contributed by atoms with Crippen molar-refractivity contribution in [2.24, 2.45) is 0 Å². The van der Waals surface area contributed by atoms with Crippen LogP contribution in [-0.4, -0.2) is 20.9 Å². The molecule has 0 aliphatic rings. The van der Waals surface area contributed by atoms with Crippen LogP contribution in [0.1, 0.15) is 35.5 Å². The number of nitrogens with one attached hydrogen (secondary N) is 2. The quantitative estimate of drug-likeness (QED) is 0.593. The molecule has 0 atom stereocenters. The number of rotatable bonds is 8. The van der Waals surface area contributed by atoms with E-state index in [1.54, 1.807) is 12.1 Å². The van der Waals surface area contributed by atoms with Crippen molar-refractivity contribution in [2.75, 3.05) is 6.54 Å². The van der Waals surface area contributed by atoms with E-state index in [4.69, 9.17) is 4.42 Å². The molecule has 0 saturated carbocycles. The predicted molar refractivity (Wildman–Crippen MR) is 111 cm³/mol. The zero-order valence-corrected chi connectivity index (χ0v) is 17.2. The van der Waals surface area contributed by atoms with Crippen LogP contribution in [0.15, 0.2) is 82.3 Å². The fourth-order valence-corrected chi connectivity index (χ4v) is 3.84.